The third kappa shape index (κ3) is 4.21. The van der Waals surface area contributed by atoms with E-state index in [1.54, 1.807) is 0 Å². The van der Waals surface area contributed by atoms with Crippen LogP contribution in [-0.4, -0.2) is 28.8 Å². The van der Waals surface area contributed by atoms with E-state index in [9.17, 15) is 0 Å². The molecule has 0 radical (unpaired) electrons. The van der Waals surface area contributed by atoms with E-state index in [0.29, 0.717) is 23.0 Å². The average molecular weight is 437 g/mol. The number of rotatable bonds is 4. The highest BCUT2D eigenvalue weighted by Crippen LogP contribution is 2.66. The first-order valence-electron chi connectivity index (χ1n) is 12.7. The lowest BCUT2D eigenvalue weighted by molar-refractivity contribution is -0.130. The van der Waals surface area contributed by atoms with Crippen LogP contribution in [0.3, 0.4) is 0 Å². The van der Waals surface area contributed by atoms with Crippen molar-refractivity contribution in [2.45, 2.75) is 123 Å². The van der Waals surface area contributed by atoms with E-state index in [0.717, 1.165) is 23.7 Å². The summed E-state index contributed by atoms with van der Waals surface area (Å²) in [5.41, 5.74) is 1.02. The first-order chi connectivity index (χ1) is 13.3. The van der Waals surface area contributed by atoms with Crippen LogP contribution in [-0.2, 0) is 8.85 Å². The Morgan fingerprint density at radius 1 is 0.655 bits per heavy atom. The maximum Gasteiger partial charge on any atom is 0.184 e. The van der Waals surface area contributed by atoms with E-state index < -0.39 is 16.6 Å². The molecule has 0 saturated heterocycles. The summed E-state index contributed by atoms with van der Waals surface area (Å²) < 4.78 is 13.3. The van der Waals surface area contributed by atoms with Gasteiger partial charge in [0.15, 0.2) is 16.6 Å². The molecule has 4 fully saturated rings. The Balaban J connectivity index is 1.49. The summed E-state index contributed by atoms with van der Waals surface area (Å²) in [5.74, 6) is 3.73. The van der Waals surface area contributed by atoms with Crippen molar-refractivity contribution in [2.24, 2.45) is 34.5 Å². The molecule has 4 aliphatic rings. The summed E-state index contributed by atoms with van der Waals surface area (Å²) in [4.78, 5) is 0. The van der Waals surface area contributed by atoms with Crippen LogP contribution in [0.1, 0.15) is 71.6 Å². The van der Waals surface area contributed by atoms with Gasteiger partial charge in [0, 0.05) is 6.10 Å². The zero-order valence-electron chi connectivity index (χ0n) is 20.6. The number of hydrogen-bond acceptors (Lipinski definition) is 2. The highest BCUT2D eigenvalue weighted by atomic mass is 28.4. The molecule has 0 N–H and O–H groups in total. The summed E-state index contributed by atoms with van der Waals surface area (Å²) >= 11 is 0. The van der Waals surface area contributed by atoms with E-state index in [-0.39, 0.29) is 0 Å². The van der Waals surface area contributed by atoms with Crippen molar-refractivity contribution in [3.05, 3.63) is 0 Å². The Hall–Kier alpha value is 0.354. The molecule has 4 unspecified atom stereocenters. The number of hydrogen-bond donors (Lipinski definition) is 0. The molecule has 0 bridgehead atoms. The predicted molar refractivity (Wildman–Crippen MR) is 128 cm³/mol. The van der Waals surface area contributed by atoms with Gasteiger partial charge in [-0.05, 0) is 132 Å². The van der Waals surface area contributed by atoms with Gasteiger partial charge in [-0.1, -0.05) is 13.8 Å². The summed E-state index contributed by atoms with van der Waals surface area (Å²) in [6, 6.07) is 0. The van der Waals surface area contributed by atoms with Gasteiger partial charge >= 0.3 is 0 Å². The fraction of sp³-hybridized carbons (Fsp3) is 1.00. The third-order valence-electron chi connectivity index (χ3n) is 9.55. The average Bonchev–Trinajstić information content (AvgIpc) is 2.89. The summed E-state index contributed by atoms with van der Waals surface area (Å²) in [6.45, 7) is 19.5. The minimum Gasteiger partial charge on any atom is -0.415 e. The lowest BCUT2D eigenvalue weighted by atomic mass is 9.45. The standard InChI is InChI=1S/C25H48O2Si2/c1-24-15-13-19(26-28(3,4)5)17-18(24)9-10-20-21-11-12-23(27-29(6,7)8)25(21,2)16-14-22(20)24/h18-23H,9-17H2,1-8H3/t18-,19+,20?,21?,22?,23?,24+,25+/m1/s1. The fourth-order valence-electron chi connectivity index (χ4n) is 8.40. The second-order valence-electron chi connectivity index (χ2n) is 13.6. The molecule has 2 nitrogen and oxygen atoms in total. The molecule has 8 atom stereocenters. The molecular formula is C25H48O2Si2. The molecule has 0 amide bonds. The Kier molecular flexibility index (Phi) is 5.79. The largest absolute Gasteiger partial charge is 0.415 e. The highest BCUT2D eigenvalue weighted by Gasteiger charge is 2.60. The van der Waals surface area contributed by atoms with Crippen molar-refractivity contribution in [1.82, 2.24) is 0 Å². The zero-order chi connectivity index (χ0) is 21.2. The van der Waals surface area contributed by atoms with Gasteiger partial charge in [0.2, 0.25) is 0 Å². The van der Waals surface area contributed by atoms with E-state index in [2.05, 4.69) is 53.1 Å². The second kappa shape index (κ2) is 7.45. The van der Waals surface area contributed by atoms with Gasteiger partial charge in [-0.3, -0.25) is 0 Å². The van der Waals surface area contributed by atoms with Crippen LogP contribution in [0.4, 0.5) is 0 Å². The molecule has 4 aliphatic carbocycles. The summed E-state index contributed by atoms with van der Waals surface area (Å²) in [7, 11) is -2.90. The number of fused-ring (bicyclic) bond motifs is 5. The lowest BCUT2D eigenvalue weighted by Crippen LogP contribution is -2.55. The first-order valence-corrected chi connectivity index (χ1v) is 19.5. The fourth-order valence-corrected chi connectivity index (χ4v) is 10.9. The molecule has 4 heteroatoms. The van der Waals surface area contributed by atoms with Gasteiger partial charge in [-0.15, -0.1) is 0 Å². The Labute approximate surface area is 183 Å². The van der Waals surface area contributed by atoms with Crippen LogP contribution in [0.25, 0.3) is 0 Å². The molecule has 0 aromatic rings. The van der Waals surface area contributed by atoms with E-state index in [4.69, 9.17) is 8.85 Å². The van der Waals surface area contributed by atoms with Crippen molar-refractivity contribution in [1.29, 1.82) is 0 Å². The Morgan fingerprint density at radius 3 is 1.93 bits per heavy atom. The molecule has 168 valence electrons. The quantitative estimate of drug-likeness (QED) is 0.425. The van der Waals surface area contributed by atoms with Crippen molar-refractivity contribution in [3.63, 3.8) is 0 Å². The third-order valence-corrected chi connectivity index (χ3v) is 11.6. The van der Waals surface area contributed by atoms with Gasteiger partial charge in [-0.25, -0.2) is 0 Å². The second-order valence-corrected chi connectivity index (χ2v) is 22.5. The van der Waals surface area contributed by atoms with Crippen LogP contribution in [0.15, 0.2) is 0 Å². The van der Waals surface area contributed by atoms with Crippen molar-refractivity contribution in [2.75, 3.05) is 0 Å². The molecular weight excluding hydrogens is 388 g/mol. The van der Waals surface area contributed by atoms with Gasteiger partial charge in [0.05, 0.1) is 6.10 Å². The maximum absolute atomic E-state index is 6.77. The topological polar surface area (TPSA) is 18.5 Å². The van der Waals surface area contributed by atoms with Crippen molar-refractivity contribution < 1.29 is 8.85 Å². The molecule has 0 spiro atoms. The van der Waals surface area contributed by atoms with Crippen LogP contribution >= 0.6 is 0 Å². The minimum atomic E-state index is -1.47. The maximum atomic E-state index is 6.77. The zero-order valence-corrected chi connectivity index (χ0v) is 22.6. The molecule has 0 heterocycles. The molecule has 29 heavy (non-hydrogen) atoms. The first kappa shape index (κ1) is 22.5. The molecule has 0 aliphatic heterocycles. The smallest absolute Gasteiger partial charge is 0.184 e. The molecule has 0 aromatic carbocycles. The van der Waals surface area contributed by atoms with Crippen LogP contribution < -0.4 is 0 Å². The summed E-state index contributed by atoms with van der Waals surface area (Å²) in [6.07, 6.45) is 13.7. The van der Waals surface area contributed by atoms with Crippen LogP contribution in [0.5, 0.6) is 0 Å². The van der Waals surface area contributed by atoms with Crippen LogP contribution in [0.2, 0.25) is 39.3 Å². The van der Waals surface area contributed by atoms with Gasteiger partial charge in [-0.2, -0.15) is 0 Å². The van der Waals surface area contributed by atoms with Gasteiger partial charge in [0.1, 0.15) is 0 Å². The molecule has 4 saturated carbocycles. The predicted octanol–water partition coefficient (Wildman–Crippen LogP) is 7.47. The van der Waals surface area contributed by atoms with E-state index in [1.165, 1.54) is 57.8 Å². The van der Waals surface area contributed by atoms with Crippen molar-refractivity contribution >= 4 is 16.6 Å². The summed E-state index contributed by atoms with van der Waals surface area (Å²) in [5, 5.41) is 0. The molecule has 4 rings (SSSR count). The Morgan fingerprint density at radius 2 is 1.28 bits per heavy atom. The monoisotopic (exact) mass is 436 g/mol. The SMILES string of the molecule is C[C@]12CCC3C(CC[C@@H]4C[C@@H](O[Si](C)(C)C)CC[C@]34C)C1CCC2O[Si](C)(C)C. The van der Waals surface area contributed by atoms with Gasteiger partial charge < -0.3 is 8.85 Å². The van der Waals surface area contributed by atoms with E-state index in [1.807, 2.05) is 0 Å². The normalized spacial score (nSPS) is 48.0. The van der Waals surface area contributed by atoms with Crippen molar-refractivity contribution in [3.8, 4) is 0 Å². The minimum absolute atomic E-state index is 0.447. The molecule has 0 aromatic heterocycles. The highest BCUT2D eigenvalue weighted by molar-refractivity contribution is 6.70. The Bertz CT molecular complexity index is 609. The van der Waals surface area contributed by atoms with E-state index >= 15 is 0 Å². The van der Waals surface area contributed by atoms with Crippen LogP contribution in [0, 0.1) is 34.5 Å². The lowest BCUT2D eigenvalue weighted by Gasteiger charge is -2.61. The van der Waals surface area contributed by atoms with Gasteiger partial charge in [0.25, 0.3) is 0 Å².